The van der Waals surface area contributed by atoms with Crippen LogP contribution in [-0.2, 0) is 4.74 Å². The summed E-state index contributed by atoms with van der Waals surface area (Å²) in [6.45, 7) is 2.78. The van der Waals surface area contributed by atoms with E-state index >= 15 is 0 Å². The zero-order valence-electron chi connectivity index (χ0n) is 16.5. The highest BCUT2D eigenvalue weighted by Gasteiger charge is 2.20. The van der Waals surface area contributed by atoms with E-state index < -0.39 is 5.97 Å². The van der Waals surface area contributed by atoms with Crippen molar-refractivity contribution < 1.29 is 14.6 Å². The number of anilines is 2. The number of aromatic nitrogens is 3. The first-order valence-corrected chi connectivity index (χ1v) is 10.6. The first kappa shape index (κ1) is 19.4. The molecule has 5 rings (SSSR count). The Morgan fingerprint density at radius 3 is 2.61 bits per heavy atom. The molecule has 31 heavy (non-hydrogen) atoms. The average molecular weight is 433 g/mol. The largest absolute Gasteiger partial charge is 0.478 e. The maximum absolute atomic E-state index is 11.4. The Bertz CT molecular complexity index is 1270. The third-order valence-corrected chi connectivity index (χ3v) is 6.30. The lowest BCUT2D eigenvalue weighted by Crippen LogP contribution is -2.36. The van der Waals surface area contributed by atoms with E-state index in [9.17, 15) is 9.90 Å². The number of carboxylic acid groups (broad SMARTS) is 1. The normalized spacial score (nSPS) is 14.1. The number of fused-ring (bicyclic) bond motifs is 1. The Morgan fingerprint density at radius 1 is 1.10 bits per heavy atom. The van der Waals surface area contributed by atoms with Crippen LogP contribution < -0.4 is 10.6 Å². The van der Waals surface area contributed by atoms with Crippen molar-refractivity contribution in [2.45, 2.75) is 0 Å². The summed E-state index contributed by atoms with van der Waals surface area (Å²) in [5, 5.41) is 10.4. The lowest BCUT2D eigenvalue weighted by Gasteiger charge is -2.28. The standard InChI is InChI=1S/C22H19N5O3S/c23-22-24-11-15(12-25-22)18-9-16-19(31-18)10-17(13-2-1-3-14(8-13)21(28)29)26-20(16)27-4-6-30-7-5-27/h1-3,8-12H,4-7H2,(H,28,29)(H2,23,24,25). The first-order valence-electron chi connectivity index (χ1n) is 9.77. The number of ether oxygens (including phenoxy) is 1. The zero-order valence-corrected chi connectivity index (χ0v) is 17.3. The minimum atomic E-state index is -0.960. The quantitative estimate of drug-likeness (QED) is 0.502. The molecule has 3 N–H and O–H groups in total. The van der Waals surface area contributed by atoms with Crippen LogP contribution in [0.15, 0.2) is 48.8 Å². The average Bonchev–Trinajstić information content (AvgIpc) is 3.24. The summed E-state index contributed by atoms with van der Waals surface area (Å²) in [7, 11) is 0. The number of nitrogens with two attached hydrogens (primary N) is 1. The van der Waals surface area contributed by atoms with Gasteiger partial charge in [-0.3, -0.25) is 0 Å². The molecular formula is C22H19N5O3S. The van der Waals surface area contributed by atoms with Crippen LogP contribution in [0.2, 0.25) is 0 Å². The van der Waals surface area contributed by atoms with Crippen molar-refractivity contribution in [3.05, 3.63) is 54.4 Å². The van der Waals surface area contributed by atoms with Gasteiger partial charge in [0.1, 0.15) is 5.82 Å². The third kappa shape index (κ3) is 3.80. The monoisotopic (exact) mass is 433 g/mol. The van der Waals surface area contributed by atoms with E-state index in [2.05, 4.69) is 20.9 Å². The van der Waals surface area contributed by atoms with Crippen LogP contribution in [0.3, 0.4) is 0 Å². The van der Waals surface area contributed by atoms with Crippen molar-refractivity contribution in [3.8, 4) is 21.7 Å². The molecule has 4 heterocycles. The second-order valence-electron chi connectivity index (χ2n) is 7.17. The summed E-state index contributed by atoms with van der Waals surface area (Å²) in [6.07, 6.45) is 3.43. The SMILES string of the molecule is Nc1ncc(-c2cc3c(N4CCOCC4)nc(-c4cccc(C(=O)O)c4)cc3s2)cn1. The Hall–Kier alpha value is -3.56. The van der Waals surface area contributed by atoms with E-state index in [1.165, 1.54) is 0 Å². The molecule has 8 nitrogen and oxygen atoms in total. The number of hydrogen-bond acceptors (Lipinski definition) is 8. The van der Waals surface area contributed by atoms with Crippen LogP contribution >= 0.6 is 11.3 Å². The van der Waals surface area contributed by atoms with E-state index in [4.69, 9.17) is 15.5 Å². The smallest absolute Gasteiger partial charge is 0.335 e. The lowest BCUT2D eigenvalue weighted by molar-refractivity contribution is 0.0697. The van der Waals surface area contributed by atoms with Gasteiger partial charge in [-0.1, -0.05) is 12.1 Å². The topological polar surface area (TPSA) is 114 Å². The number of morpholine rings is 1. The molecule has 0 spiro atoms. The number of thiophene rings is 1. The van der Waals surface area contributed by atoms with Crippen LogP contribution in [-0.4, -0.2) is 52.3 Å². The molecule has 1 saturated heterocycles. The van der Waals surface area contributed by atoms with Crippen molar-refractivity contribution in [3.63, 3.8) is 0 Å². The predicted octanol–water partition coefficient (Wildman–Crippen LogP) is 3.54. The summed E-state index contributed by atoms with van der Waals surface area (Å²) >= 11 is 1.62. The molecule has 4 aromatic rings. The number of rotatable bonds is 4. The highest BCUT2D eigenvalue weighted by molar-refractivity contribution is 7.22. The van der Waals surface area contributed by atoms with Gasteiger partial charge in [-0.25, -0.2) is 19.7 Å². The van der Waals surface area contributed by atoms with E-state index in [0.717, 1.165) is 50.7 Å². The molecule has 0 unspecified atom stereocenters. The maximum Gasteiger partial charge on any atom is 0.335 e. The number of hydrogen-bond donors (Lipinski definition) is 2. The van der Waals surface area contributed by atoms with Crippen LogP contribution in [0.5, 0.6) is 0 Å². The fourth-order valence-electron chi connectivity index (χ4n) is 3.60. The van der Waals surface area contributed by atoms with Crippen LogP contribution in [0.25, 0.3) is 31.8 Å². The van der Waals surface area contributed by atoms with Crippen molar-refractivity contribution >= 4 is 39.2 Å². The number of nitrogen functional groups attached to an aromatic ring is 1. The highest BCUT2D eigenvalue weighted by atomic mass is 32.1. The van der Waals surface area contributed by atoms with Crippen LogP contribution in [0.1, 0.15) is 10.4 Å². The van der Waals surface area contributed by atoms with Gasteiger partial charge < -0.3 is 20.5 Å². The summed E-state index contributed by atoms with van der Waals surface area (Å²) in [6, 6.07) is 11.0. The fourth-order valence-corrected chi connectivity index (χ4v) is 4.67. The molecule has 1 aliphatic rings. The molecule has 0 saturated carbocycles. The minimum Gasteiger partial charge on any atom is -0.478 e. The number of carbonyl (C=O) groups is 1. The summed E-state index contributed by atoms with van der Waals surface area (Å²) in [5.41, 5.74) is 8.25. The molecule has 0 bridgehead atoms. The highest BCUT2D eigenvalue weighted by Crippen LogP contribution is 2.39. The number of pyridine rings is 1. The molecule has 0 amide bonds. The second kappa shape index (κ2) is 7.93. The second-order valence-corrected chi connectivity index (χ2v) is 8.25. The van der Waals surface area contributed by atoms with Gasteiger partial charge in [0, 0.05) is 51.6 Å². The van der Waals surface area contributed by atoms with Crippen molar-refractivity contribution in [2.75, 3.05) is 36.9 Å². The Morgan fingerprint density at radius 2 is 1.87 bits per heavy atom. The van der Waals surface area contributed by atoms with E-state index in [1.807, 2.05) is 12.1 Å². The van der Waals surface area contributed by atoms with Crippen LogP contribution in [0, 0.1) is 0 Å². The Kier molecular flexibility index (Phi) is 4.97. The Labute approximate surface area is 182 Å². The maximum atomic E-state index is 11.4. The zero-order chi connectivity index (χ0) is 21.4. The van der Waals surface area contributed by atoms with E-state index in [-0.39, 0.29) is 11.5 Å². The number of benzene rings is 1. The van der Waals surface area contributed by atoms with Gasteiger partial charge in [0.25, 0.3) is 0 Å². The lowest BCUT2D eigenvalue weighted by atomic mass is 10.1. The molecule has 9 heteroatoms. The third-order valence-electron chi connectivity index (χ3n) is 5.17. The molecule has 1 fully saturated rings. The predicted molar refractivity (Wildman–Crippen MR) is 120 cm³/mol. The fraction of sp³-hybridized carbons (Fsp3) is 0.182. The molecule has 0 aliphatic carbocycles. The number of aromatic carboxylic acids is 1. The molecular weight excluding hydrogens is 414 g/mol. The minimum absolute atomic E-state index is 0.234. The molecule has 1 aromatic carbocycles. The summed E-state index contributed by atoms with van der Waals surface area (Å²) in [4.78, 5) is 27.8. The molecule has 3 aromatic heterocycles. The van der Waals surface area contributed by atoms with Gasteiger partial charge in [-0.05, 0) is 24.3 Å². The van der Waals surface area contributed by atoms with E-state index in [1.54, 1.807) is 41.9 Å². The van der Waals surface area contributed by atoms with Crippen molar-refractivity contribution in [1.29, 1.82) is 0 Å². The number of nitrogens with zero attached hydrogens (tertiary/aromatic N) is 4. The van der Waals surface area contributed by atoms with Gasteiger partial charge in [0.15, 0.2) is 0 Å². The number of carboxylic acids is 1. The molecule has 1 aliphatic heterocycles. The van der Waals surface area contributed by atoms with Crippen LogP contribution in [0.4, 0.5) is 11.8 Å². The van der Waals surface area contributed by atoms with Gasteiger partial charge in [-0.2, -0.15) is 0 Å². The van der Waals surface area contributed by atoms with Gasteiger partial charge in [-0.15, -0.1) is 11.3 Å². The van der Waals surface area contributed by atoms with Gasteiger partial charge >= 0.3 is 5.97 Å². The van der Waals surface area contributed by atoms with E-state index in [0.29, 0.717) is 13.2 Å². The molecule has 0 radical (unpaired) electrons. The van der Waals surface area contributed by atoms with Gasteiger partial charge in [0.2, 0.25) is 5.95 Å². The molecule has 0 atom stereocenters. The van der Waals surface area contributed by atoms with Crippen molar-refractivity contribution in [2.24, 2.45) is 0 Å². The summed E-state index contributed by atoms with van der Waals surface area (Å²) in [5.74, 6) is 0.148. The van der Waals surface area contributed by atoms with Gasteiger partial charge in [0.05, 0.1) is 24.5 Å². The molecule has 156 valence electrons. The Balaban J connectivity index is 1.67. The first-order chi connectivity index (χ1) is 15.1. The summed E-state index contributed by atoms with van der Waals surface area (Å²) < 4.78 is 6.57. The van der Waals surface area contributed by atoms with Crippen molar-refractivity contribution in [1.82, 2.24) is 15.0 Å².